The number of aromatic nitrogens is 1. The first-order valence-corrected chi connectivity index (χ1v) is 5.94. The molecule has 1 saturated heterocycles. The molecule has 3 nitrogen and oxygen atoms in total. The zero-order valence-electron chi connectivity index (χ0n) is 9.74. The highest BCUT2D eigenvalue weighted by molar-refractivity contribution is 5.54. The summed E-state index contributed by atoms with van der Waals surface area (Å²) in [7, 11) is 0. The van der Waals surface area contributed by atoms with E-state index in [2.05, 4.69) is 16.0 Å². The Labute approximate surface area is 96.7 Å². The van der Waals surface area contributed by atoms with Gasteiger partial charge in [-0.25, -0.2) is 4.98 Å². The molecule has 1 aliphatic heterocycles. The quantitative estimate of drug-likeness (QED) is 0.723. The average molecular weight is 215 g/mol. The van der Waals surface area contributed by atoms with Crippen molar-refractivity contribution in [3.8, 4) is 6.07 Å². The van der Waals surface area contributed by atoms with Crippen LogP contribution in [0.25, 0.3) is 0 Å². The van der Waals surface area contributed by atoms with E-state index in [1.165, 1.54) is 25.7 Å². The van der Waals surface area contributed by atoms with Crippen molar-refractivity contribution in [1.82, 2.24) is 4.98 Å². The fourth-order valence-electron chi connectivity index (χ4n) is 2.15. The lowest BCUT2D eigenvalue weighted by Crippen LogP contribution is -2.26. The summed E-state index contributed by atoms with van der Waals surface area (Å²) in [5.41, 5.74) is 1.69. The minimum absolute atomic E-state index is 0.701. The molecule has 1 aromatic rings. The van der Waals surface area contributed by atoms with Crippen molar-refractivity contribution in [3.05, 3.63) is 23.4 Å². The van der Waals surface area contributed by atoms with Gasteiger partial charge in [-0.05, 0) is 31.9 Å². The molecule has 3 heteroatoms. The highest BCUT2D eigenvalue weighted by atomic mass is 15.2. The van der Waals surface area contributed by atoms with Crippen molar-refractivity contribution < 1.29 is 0 Å². The van der Waals surface area contributed by atoms with Gasteiger partial charge >= 0.3 is 0 Å². The summed E-state index contributed by atoms with van der Waals surface area (Å²) in [6, 6.07) is 6.02. The van der Waals surface area contributed by atoms with Crippen LogP contribution in [0, 0.1) is 18.3 Å². The van der Waals surface area contributed by atoms with E-state index in [1.54, 1.807) is 0 Å². The number of aryl methyl sites for hydroxylation is 1. The Balaban J connectivity index is 2.30. The Kier molecular flexibility index (Phi) is 3.40. The molecule has 0 saturated carbocycles. The van der Waals surface area contributed by atoms with Crippen LogP contribution in [-0.4, -0.2) is 18.1 Å². The summed E-state index contributed by atoms with van der Waals surface area (Å²) < 4.78 is 0. The Morgan fingerprint density at radius 2 is 1.88 bits per heavy atom. The molecule has 0 aliphatic carbocycles. The molecule has 0 aromatic carbocycles. The molecule has 0 bridgehead atoms. The van der Waals surface area contributed by atoms with Gasteiger partial charge in [-0.1, -0.05) is 12.8 Å². The summed E-state index contributed by atoms with van der Waals surface area (Å²) >= 11 is 0. The molecule has 2 rings (SSSR count). The van der Waals surface area contributed by atoms with Crippen LogP contribution in [-0.2, 0) is 0 Å². The predicted octanol–water partition coefficient (Wildman–Crippen LogP) is 2.64. The van der Waals surface area contributed by atoms with Gasteiger partial charge in [0.2, 0.25) is 0 Å². The number of pyridine rings is 1. The van der Waals surface area contributed by atoms with E-state index in [-0.39, 0.29) is 0 Å². The average Bonchev–Trinajstić information content (AvgIpc) is 2.57. The minimum atomic E-state index is 0.701. The Morgan fingerprint density at radius 1 is 1.19 bits per heavy atom. The molecule has 0 unspecified atom stereocenters. The lowest BCUT2D eigenvalue weighted by Gasteiger charge is -2.22. The number of rotatable bonds is 1. The zero-order chi connectivity index (χ0) is 11.4. The molecular formula is C13H17N3. The van der Waals surface area contributed by atoms with Crippen LogP contribution in [0.5, 0.6) is 0 Å². The molecular weight excluding hydrogens is 198 g/mol. The second-order valence-corrected chi connectivity index (χ2v) is 4.34. The van der Waals surface area contributed by atoms with Crippen molar-refractivity contribution in [2.45, 2.75) is 32.6 Å². The Hall–Kier alpha value is -1.56. The van der Waals surface area contributed by atoms with Gasteiger partial charge in [0, 0.05) is 18.8 Å². The predicted molar refractivity (Wildman–Crippen MR) is 64.4 cm³/mol. The van der Waals surface area contributed by atoms with E-state index < -0.39 is 0 Å². The van der Waals surface area contributed by atoms with Gasteiger partial charge in [-0.2, -0.15) is 5.26 Å². The van der Waals surface area contributed by atoms with Crippen LogP contribution in [0.15, 0.2) is 12.1 Å². The highest BCUT2D eigenvalue weighted by Gasteiger charge is 2.14. The zero-order valence-corrected chi connectivity index (χ0v) is 9.74. The highest BCUT2D eigenvalue weighted by Crippen LogP contribution is 2.21. The van der Waals surface area contributed by atoms with Crippen molar-refractivity contribution in [2.75, 3.05) is 18.0 Å². The number of hydrogen-bond donors (Lipinski definition) is 0. The normalized spacial score (nSPS) is 16.6. The maximum Gasteiger partial charge on any atom is 0.146 e. The second-order valence-electron chi connectivity index (χ2n) is 4.34. The third kappa shape index (κ3) is 2.33. The van der Waals surface area contributed by atoms with Gasteiger partial charge in [0.05, 0.1) is 5.56 Å². The number of anilines is 1. The molecule has 16 heavy (non-hydrogen) atoms. The van der Waals surface area contributed by atoms with Crippen LogP contribution in [0.4, 0.5) is 5.82 Å². The molecule has 0 radical (unpaired) electrons. The van der Waals surface area contributed by atoms with Gasteiger partial charge in [0.15, 0.2) is 0 Å². The van der Waals surface area contributed by atoms with E-state index in [0.717, 1.165) is 24.6 Å². The van der Waals surface area contributed by atoms with E-state index in [9.17, 15) is 0 Å². The number of nitriles is 1. The molecule has 2 heterocycles. The first kappa shape index (κ1) is 10.9. The third-order valence-corrected chi connectivity index (χ3v) is 3.04. The maximum absolute atomic E-state index is 9.09. The van der Waals surface area contributed by atoms with E-state index in [1.807, 2.05) is 19.1 Å². The second kappa shape index (κ2) is 4.98. The van der Waals surface area contributed by atoms with Crippen molar-refractivity contribution in [2.24, 2.45) is 0 Å². The van der Waals surface area contributed by atoms with Gasteiger partial charge in [-0.15, -0.1) is 0 Å². The van der Waals surface area contributed by atoms with Gasteiger partial charge in [0.25, 0.3) is 0 Å². The Bertz CT molecular complexity index is 398. The van der Waals surface area contributed by atoms with Gasteiger partial charge in [0.1, 0.15) is 11.9 Å². The van der Waals surface area contributed by atoms with Crippen LogP contribution < -0.4 is 4.90 Å². The van der Waals surface area contributed by atoms with Crippen LogP contribution in [0.3, 0.4) is 0 Å². The summed E-state index contributed by atoms with van der Waals surface area (Å²) in [5, 5.41) is 9.09. The third-order valence-electron chi connectivity index (χ3n) is 3.04. The summed E-state index contributed by atoms with van der Waals surface area (Å²) in [5.74, 6) is 0.879. The molecule has 1 fully saturated rings. The van der Waals surface area contributed by atoms with Crippen LogP contribution >= 0.6 is 0 Å². The molecule has 1 aliphatic rings. The smallest absolute Gasteiger partial charge is 0.146 e. The Morgan fingerprint density at radius 3 is 2.50 bits per heavy atom. The molecule has 0 amide bonds. The topological polar surface area (TPSA) is 39.9 Å². The SMILES string of the molecule is Cc1ccc(C#N)c(N2CCCCCC2)n1. The summed E-state index contributed by atoms with van der Waals surface area (Å²) in [6.45, 7) is 4.04. The number of nitrogens with zero attached hydrogens (tertiary/aromatic N) is 3. The van der Waals surface area contributed by atoms with Crippen molar-refractivity contribution in [3.63, 3.8) is 0 Å². The standard InChI is InChI=1S/C13H17N3/c1-11-6-7-12(10-14)13(15-11)16-8-4-2-3-5-9-16/h6-7H,2-5,8-9H2,1H3. The van der Waals surface area contributed by atoms with Crippen LogP contribution in [0.1, 0.15) is 36.9 Å². The number of hydrogen-bond acceptors (Lipinski definition) is 3. The molecule has 1 aromatic heterocycles. The fraction of sp³-hybridized carbons (Fsp3) is 0.538. The minimum Gasteiger partial charge on any atom is -0.356 e. The van der Waals surface area contributed by atoms with E-state index >= 15 is 0 Å². The molecule has 0 spiro atoms. The van der Waals surface area contributed by atoms with Crippen molar-refractivity contribution >= 4 is 5.82 Å². The van der Waals surface area contributed by atoms with Gasteiger partial charge < -0.3 is 4.90 Å². The van der Waals surface area contributed by atoms with Crippen molar-refractivity contribution in [1.29, 1.82) is 5.26 Å². The largest absolute Gasteiger partial charge is 0.356 e. The lowest BCUT2D eigenvalue weighted by molar-refractivity contribution is 0.726. The van der Waals surface area contributed by atoms with E-state index in [4.69, 9.17) is 5.26 Å². The summed E-state index contributed by atoms with van der Waals surface area (Å²) in [4.78, 5) is 6.78. The monoisotopic (exact) mass is 215 g/mol. The fourth-order valence-corrected chi connectivity index (χ4v) is 2.15. The molecule has 0 atom stereocenters. The maximum atomic E-state index is 9.09. The first-order valence-electron chi connectivity index (χ1n) is 5.94. The van der Waals surface area contributed by atoms with Crippen LogP contribution in [0.2, 0.25) is 0 Å². The van der Waals surface area contributed by atoms with E-state index in [0.29, 0.717) is 5.56 Å². The summed E-state index contributed by atoms with van der Waals surface area (Å²) in [6.07, 6.45) is 5.01. The molecule has 0 N–H and O–H groups in total. The van der Waals surface area contributed by atoms with Gasteiger partial charge in [-0.3, -0.25) is 0 Å². The molecule has 84 valence electrons. The lowest BCUT2D eigenvalue weighted by atomic mass is 10.2. The first-order chi connectivity index (χ1) is 7.81.